The maximum Gasteiger partial charge on any atom is 0.269 e. The van der Waals surface area contributed by atoms with Gasteiger partial charge in [-0.05, 0) is 31.9 Å². The van der Waals surface area contributed by atoms with Crippen molar-refractivity contribution in [3.63, 3.8) is 0 Å². The molecule has 4 rings (SSSR count). The highest BCUT2D eigenvalue weighted by Crippen LogP contribution is 2.38. The zero-order valence-electron chi connectivity index (χ0n) is 15.8. The lowest BCUT2D eigenvalue weighted by Gasteiger charge is -2.21. The first-order chi connectivity index (χ1) is 14.1. The maximum absolute atomic E-state index is 10.8. The molecule has 29 heavy (non-hydrogen) atoms. The molecule has 1 saturated carbocycles. The molecule has 1 N–H and O–H groups in total. The Labute approximate surface area is 175 Å². The zero-order valence-corrected chi connectivity index (χ0v) is 17.4. The Balaban J connectivity index is 1.38. The van der Waals surface area contributed by atoms with Gasteiger partial charge in [0.05, 0.1) is 10.2 Å². The molecule has 3 aromatic rings. The Morgan fingerprint density at radius 2 is 1.93 bits per heavy atom. The number of aromatic nitrogens is 4. The van der Waals surface area contributed by atoms with E-state index >= 15 is 0 Å². The smallest absolute Gasteiger partial charge is 0.269 e. The summed E-state index contributed by atoms with van der Waals surface area (Å²) in [6, 6.07) is 6.52. The van der Waals surface area contributed by atoms with Gasteiger partial charge in [0, 0.05) is 23.7 Å². The summed E-state index contributed by atoms with van der Waals surface area (Å²) < 4.78 is 6.60. The van der Waals surface area contributed by atoms with Crippen LogP contribution in [-0.2, 0) is 0 Å². The second-order valence-corrected chi connectivity index (χ2v) is 9.43. The molecule has 152 valence electrons. The minimum Gasteiger partial charge on any atom is -0.419 e. The van der Waals surface area contributed by atoms with Crippen LogP contribution in [0, 0.1) is 10.1 Å². The molecule has 1 aromatic carbocycles. The van der Waals surface area contributed by atoms with Crippen molar-refractivity contribution in [2.45, 2.75) is 54.7 Å². The Hall–Kier alpha value is -2.53. The minimum absolute atomic E-state index is 0.0197. The summed E-state index contributed by atoms with van der Waals surface area (Å²) in [5.74, 6) is 0.805. The molecule has 2 heterocycles. The van der Waals surface area contributed by atoms with Crippen molar-refractivity contribution < 1.29 is 9.34 Å². The molecule has 0 saturated heterocycles. The van der Waals surface area contributed by atoms with E-state index in [4.69, 9.17) is 4.42 Å². The van der Waals surface area contributed by atoms with Crippen molar-refractivity contribution in [1.29, 1.82) is 0 Å². The third kappa shape index (κ3) is 4.91. The number of nitro groups is 1. The fraction of sp³-hybridized carbons (Fsp3) is 0.444. The molecule has 0 radical (unpaired) electrons. The van der Waals surface area contributed by atoms with Gasteiger partial charge < -0.3 is 9.73 Å². The third-order valence-electron chi connectivity index (χ3n) is 4.73. The number of anilines is 1. The van der Waals surface area contributed by atoms with Crippen molar-refractivity contribution in [1.82, 2.24) is 20.4 Å². The molecule has 0 bridgehead atoms. The lowest BCUT2D eigenvalue weighted by Crippen LogP contribution is -2.21. The summed E-state index contributed by atoms with van der Waals surface area (Å²) in [6.45, 7) is 1.97. The highest BCUT2D eigenvalue weighted by atomic mass is 32.2. The van der Waals surface area contributed by atoms with Gasteiger partial charge in [0.25, 0.3) is 5.69 Å². The lowest BCUT2D eigenvalue weighted by molar-refractivity contribution is -0.384. The largest absolute Gasteiger partial charge is 0.419 e. The Kier molecular flexibility index (Phi) is 6.05. The minimum atomic E-state index is -0.443. The van der Waals surface area contributed by atoms with E-state index in [2.05, 4.69) is 25.7 Å². The number of nitrogens with one attached hydrogen (secondary N) is 1. The van der Waals surface area contributed by atoms with Gasteiger partial charge in [0.2, 0.25) is 16.9 Å². The van der Waals surface area contributed by atoms with E-state index in [0.717, 1.165) is 9.47 Å². The number of non-ortho nitro benzene ring substituents is 1. The molecule has 2 aromatic heterocycles. The quantitative estimate of drug-likeness (QED) is 0.309. The van der Waals surface area contributed by atoms with Crippen molar-refractivity contribution in [2.75, 3.05) is 5.32 Å². The number of hydrogen-bond acceptors (Lipinski definition) is 10. The van der Waals surface area contributed by atoms with Gasteiger partial charge in [-0.1, -0.05) is 42.4 Å². The average Bonchev–Trinajstić information content (AvgIpc) is 3.39. The molecule has 1 atom stereocenters. The SMILES string of the molecule is CC(Sc1nnc(NC2CCCCC2)s1)c1nnc(-c2ccc([N+](=O)[O-])cc2)o1. The van der Waals surface area contributed by atoms with Crippen LogP contribution in [-0.4, -0.2) is 31.4 Å². The third-order valence-corrected chi connectivity index (χ3v) is 6.76. The number of benzene rings is 1. The van der Waals surface area contributed by atoms with Crippen LogP contribution in [0.5, 0.6) is 0 Å². The summed E-state index contributed by atoms with van der Waals surface area (Å²) in [5, 5.41) is 31.7. The van der Waals surface area contributed by atoms with E-state index in [1.54, 1.807) is 12.1 Å². The molecule has 0 amide bonds. The van der Waals surface area contributed by atoms with Gasteiger partial charge in [0.15, 0.2) is 4.34 Å². The van der Waals surface area contributed by atoms with Crippen LogP contribution in [0.25, 0.3) is 11.5 Å². The predicted octanol–water partition coefficient (Wildman–Crippen LogP) is 5.09. The Morgan fingerprint density at radius 1 is 1.17 bits per heavy atom. The highest BCUT2D eigenvalue weighted by Gasteiger charge is 2.20. The molecule has 1 aliphatic carbocycles. The van der Waals surface area contributed by atoms with E-state index in [1.165, 1.54) is 67.3 Å². The number of nitrogens with zero attached hydrogens (tertiary/aromatic N) is 5. The molecular weight excluding hydrogens is 412 g/mol. The summed E-state index contributed by atoms with van der Waals surface area (Å²) >= 11 is 3.05. The van der Waals surface area contributed by atoms with Gasteiger partial charge in [-0.3, -0.25) is 10.1 Å². The number of nitro benzene ring substituents is 1. The van der Waals surface area contributed by atoms with E-state index < -0.39 is 4.92 Å². The van der Waals surface area contributed by atoms with Gasteiger partial charge in [-0.25, -0.2) is 0 Å². The van der Waals surface area contributed by atoms with E-state index in [0.29, 0.717) is 23.4 Å². The van der Waals surface area contributed by atoms with Crippen LogP contribution in [0.1, 0.15) is 50.2 Å². The Bertz CT molecular complexity index is 968. The van der Waals surface area contributed by atoms with Crippen LogP contribution in [0.4, 0.5) is 10.8 Å². The molecule has 0 aliphatic heterocycles. The molecule has 9 nitrogen and oxygen atoms in total. The average molecular weight is 433 g/mol. The van der Waals surface area contributed by atoms with E-state index in [1.807, 2.05) is 6.92 Å². The lowest BCUT2D eigenvalue weighted by atomic mass is 9.96. The maximum atomic E-state index is 10.8. The first-order valence-electron chi connectivity index (χ1n) is 9.43. The van der Waals surface area contributed by atoms with Crippen molar-refractivity contribution >= 4 is 33.9 Å². The van der Waals surface area contributed by atoms with Crippen molar-refractivity contribution in [3.8, 4) is 11.5 Å². The second-order valence-electron chi connectivity index (χ2n) is 6.86. The molecule has 1 unspecified atom stereocenters. The monoisotopic (exact) mass is 432 g/mol. The van der Waals surface area contributed by atoms with Crippen LogP contribution in [0.15, 0.2) is 33.0 Å². The first kappa shape index (κ1) is 19.8. The summed E-state index contributed by atoms with van der Waals surface area (Å²) in [5.41, 5.74) is 0.660. The van der Waals surface area contributed by atoms with Crippen LogP contribution in [0.2, 0.25) is 0 Å². The van der Waals surface area contributed by atoms with E-state index in [-0.39, 0.29) is 10.9 Å². The second kappa shape index (κ2) is 8.87. The standard InChI is InChI=1S/C18H20N6O3S2/c1-11(28-18-23-22-17(29-18)19-13-5-3-2-4-6-13)15-20-21-16(27-15)12-7-9-14(10-8-12)24(25)26/h7-11,13H,2-6H2,1H3,(H,19,22). The van der Waals surface area contributed by atoms with Crippen molar-refractivity contribution in [3.05, 3.63) is 40.3 Å². The molecule has 0 spiro atoms. The fourth-order valence-corrected chi connectivity index (χ4v) is 5.18. The molecule has 1 aliphatic rings. The van der Waals surface area contributed by atoms with Gasteiger partial charge in [-0.2, -0.15) is 0 Å². The first-order valence-corrected chi connectivity index (χ1v) is 11.1. The zero-order chi connectivity index (χ0) is 20.2. The number of hydrogen-bond donors (Lipinski definition) is 1. The number of rotatable bonds is 7. The summed E-state index contributed by atoms with van der Waals surface area (Å²) in [4.78, 5) is 10.3. The summed E-state index contributed by atoms with van der Waals surface area (Å²) in [6.07, 6.45) is 6.23. The topological polar surface area (TPSA) is 120 Å². The highest BCUT2D eigenvalue weighted by molar-refractivity contribution is 8.01. The fourth-order valence-electron chi connectivity index (χ4n) is 3.18. The van der Waals surface area contributed by atoms with Crippen LogP contribution < -0.4 is 5.32 Å². The van der Waals surface area contributed by atoms with Gasteiger partial charge in [0.1, 0.15) is 0 Å². The van der Waals surface area contributed by atoms with Crippen LogP contribution in [0.3, 0.4) is 0 Å². The van der Waals surface area contributed by atoms with Crippen LogP contribution >= 0.6 is 23.1 Å². The van der Waals surface area contributed by atoms with Gasteiger partial charge >= 0.3 is 0 Å². The van der Waals surface area contributed by atoms with Gasteiger partial charge in [-0.15, -0.1) is 20.4 Å². The predicted molar refractivity (Wildman–Crippen MR) is 111 cm³/mol. The molecule has 1 fully saturated rings. The number of thioether (sulfide) groups is 1. The molecular formula is C18H20N6O3S2. The van der Waals surface area contributed by atoms with E-state index in [9.17, 15) is 10.1 Å². The molecule has 11 heteroatoms. The Morgan fingerprint density at radius 3 is 2.66 bits per heavy atom. The normalized spacial score (nSPS) is 15.9. The summed E-state index contributed by atoms with van der Waals surface area (Å²) in [7, 11) is 0. The van der Waals surface area contributed by atoms with Crippen molar-refractivity contribution in [2.24, 2.45) is 0 Å².